The molecule has 108 valence electrons. The molecule has 0 amide bonds. The predicted octanol–water partition coefficient (Wildman–Crippen LogP) is 3.24. The van der Waals surface area contributed by atoms with E-state index in [1.165, 1.54) is 44.9 Å². The van der Waals surface area contributed by atoms with Crippen LogP contribution >= 0.6 is 0 Å². The van der Waals surface area contributed by atoms with E-state index in [-0.39, 0.29) is 6.10 Å². The number of aliphatic hydroxyl groups excluding tert-OH is 1. The third-order valence-electron chi connectivity index (χ3n) is 6.66. The molecular formula is C17H28O2. The Bertz CT molecular complexity index is 293. The molecule has 1 unspecified atom stereocenters. The molecule has 1 aliphatic heterocycles. The van der Waals surface area contributed by atoms with Gasteiger partial charge in [-0.25, -0.2) is 0 Å². The molecule has 5 aliphatic rings. The average molecular weight is 264 g/mol. The lowest BCUT2D eigenvalue weighted by Crippen LogP contribution is -2.49. The van der Waals surface area contributed by atoms with Crippen molar-refractivity contribution in [2.75, 3.05) is 13.2 Å². The molecule has 0 spiro atoms. The van der Waals surface area contributed by atoms with Gasteiger partial charge >= 0.3 is 0 Å². The molecule has 4 saturated carbocycles. The van der Waals surface area contributed by atoms with Crippen molar-refractivity contribution in [2.45, 2.75) is 57.5 Å². The van der Waals surface area contributed by atoms with Crippen molar-refractivity contribution in [2.24, 2.45) is 35.5 Å². The molecule has 19 heavy (non-hydrogen) atoms. The monoisotopic (exact) mass is 264 g/mol. The van der Waals surface area contributed by atoms with Gasteiger partial charge in [0.05, 0.1) is 6.10 Å². The number of rotatable bonds is 3. The van der Waals surface area contributed by atoms with Crippen LogP contribution < -0.4 is 0 Å². The second-order valence-corrected chi connectivity index (χ2v) is 7.87. The van der Waals surface area contributed by atoms with Gasteiger partial charge in [-0.3, -0.25) is 0 Å². The van der Waals surface area contributed by atoms with Crippen LogP contribution in [0.25, 0.3) is 0 Å². The van der Waals surface area contributed by atoms with Crippen molar-refractivity contribution in [1.82, 2.24) is 0 Å². The fraction of sp³-hybridized carbons (Fsp3) is 1.00. The van der Waals surface area contributed by atoms with Gasteiger partial charge in [-0.05, 0) is 86.9 Å². The van der Waals surface area contributed by atoms with E-state index in [9.17, 15) is 5.11 Å². The lowest BCUT2D eigenvalue weighted by molar-refractivity contribution is -0.0976. The smallest absolute Gasteiger partial charge is 0.0576 e. The van der Waals surface area contributed by atoms with Crippen LogP contribution in [0.5, 0.6) is 0 Å². The van der Waals surface area contributed by atoms with E-state index < -0.39 is 0 Å². The first-order valence-corrected chi connectivity index (χ1v) is 8.55. The first-order chi connectivity index (χ1) is 9.29. The van der Waals surface area contributed by atoms with Crippen LogP contribution in [0.4, 0.5) is 0 Å². The molecule has 2 nitrogen and oxygen atoms in total. The summed E-state index contributed by atoms with van der Waals surface area (Å²) in [6.45, 7) is 1.83. The fourth-order valence-electron chi connectivity index (χ4n) is 6.08. The third-order valence-corrected chi connectivity index (χ3v) is 6.66. The number of aliphatic hydroxyl groups is 1. The Morgan fingerprint density at radius 3 is 2.05 bits per heavy atom. The maximum absolute atomic E-state index is 10.8. The van der Waals surface area contributed by atoms with Gasteiger partial charge in [0.1, 0.15) is 0 Å². The summed E-state index contributed by atoms with van der Waals surface area (Å²) in [6.07, 6.45) is 10.6. The van der Waals surface area contributed by atoms with Gasteiger partial charge in [0.15, 0.2) is 0 Å². The van der Waals surface area contributed by atoms with E-state index in [1.807, 2.05) is 0 Å². The molecular weight excluding hydrogens is 236 g/mol. The second kappa shape index (κ2) is 5.04. The van der Waals surface area contributed by atoms with E-state index in [1.54, 1.807) is 0 Å². The van der Waals surface area contributed by atoms with Gasteiger partial charge in [-0.1, -0.05) is 0 Å². The highest BCUT2D eigenvalue weighted by atomic mass is 16.5. The number of hydrogen-bond donors (Lipinski definition) is 1. The molecule has 1 atom stereocenters. The summed E-state index contributed by atoms with van der Waals surface area (Å²) in [5.74, 6) is 5.15. The van der Waals surface area contributed by atoms with Crippen molar-refractivity contribution < 1.29 is 9.84 Å². The van der Waals surface area contributed by atoms with Crippen molar-refractivity contribution >= 4 is 0 Å². The summed E-state index contributed by atoms with van der Waals surface area (Å²) in [5, 5.41) is 10.8. The second-order valence-electron chi connectivity index (χ2n) is 7.87. The van der Waals surface area contributed by atoms with Crippen LogP contribution in [0.1, 0.15) is 51.4 Å². The summed E-state index contributed by atoms with van der Waals surface area (Å²) in [4.78, 5) is 0. The number of hydrogen-bond acceptors (Lipinski definition) is 2. The van der Waals surface area contributed by atoms with Gasteiger partial charge in [-0.2, -0.15) is 0 Å². The summed E-state index contributed by atoms with van der Waals surface area (Å²) in [6, 6.07) is 0. The van der Waals surface area contributed by atoms with E-state index >= 15 is 0 Å². The summed E-state index contributed by atoms with van der Waals surface area (Å²) in [7, 11) is 0. The van der Waals surface area contributed by atoms with E-state index in [0.717, 1.165) is 49.2 Å². The Kier molecular flexibility index (Phi) is 3.35. The molecule has 5 fully saturated rings. The van der Waals surface area contributed by atoms with Gasteiger partial charge in [-0.15, -0.1) is 0 Å². The van der Waals surface area contributed by atoms with E-state index in [0.29, 0.717) is 5.92 Å². The molecule has 1 heterocycles. The van der Waals surface area contributed by atoms with E-state index in [2.05, 4.69) is 0 Å². The highest BCUT2D eigenvalue weighted by molar-refractivity contribution is 5.00. The van der Waals surface area contributed by atoms with Gasteiger partial charge < -0.3 is 9.84 Å². The highest BCUT2D eigenvalue weighted by Gasteiger charge is 2.50. The minimum absolute atomic E-state index is 0.0156. The maximum atomic E-state index is 10.8. The minimum atomic E-state index is -0.0156. The summed E-state index contributed by atoms with van der Waals surface area (Å²) < 4.78 is 5.44. The number of ether oxygens (including phenoxy) is 1. The van der Waals surface area contributed by atoms with Crippen molar-refractivity contribution in [3.05, 3.63) is 0 Å². The zero-order valence-corrected chi connectivity index (χ0v) is 12.0. The summed E-state index contributed by atoms with van der Waals surface area (Å²) >= 11 is 0. The molecule has 4 aliphatic carbocycles. The fourth-order valence-corrected chi connectivity index (χ4v) is 6.08. The molecule has 0 aromatic heterocycles. The molecule has 0 radical (unpaired) electrons. The Morgan fingerprint density at radius 1 is 0.895 bits per heavy atom. The molecule has 5 rings (SSSR count). The Morgan fingerprint density at radius 2 is 1.47 bits per heavy atom. The van der Waals surface area contributed by atoms with Gasteiger partial charge in [0.25, 0.3) is 0 Å². The van der Waals surface area contributed by atoms with Crippen molar-refractivity contribution in [3.63, 3.8) is 0 Å². The van der Waals surface area contributed by atoms with Crippen LogP contribution in [0.3, 0.4) is 0 Å². The highest BCUT2D eigenvalue weighted by Crippen LogP contribution is 2.57. The van der Waals surface area contributed by atoms with Crippen LogP contribution in [0.2, 0.25) is 0 Å². The van der Waals surface area contributed by atoms with Crippen molar-refractivity contribution in [3.8, 4) is 0 Å². The Labute approximate surface area is 116 Å². The van der Waals surface area contributed by atoms with Crippen LogP contribution in [0.15, 0.2) is 0 Å². The normalized spacial score (nSPS) is 47.5. The zero-order chi connectivity index (χ0) is 12.8. The van der Waals surface area contributed by atoms with Gasteiger partial charge in [0, 0.05) is 13.2 Å². The Balaban J connectivity index is 1.40. The predicted molar refractivity (Wildman–Crippen MR) is 74.7 cm³/mol. The lowest BCUT2D eigenvalue weighted by Gasteiger charge is -2.56. The van der Waals surface area contributed by atoms with Gasteiger partial charge in [0.2, 0.25) is 0 Å². The standard InChI is InChI=1S/C17H28O2/c18-16(10-11-1-3-19-4-2-11)17-14-6-12-5-13(8-14)9-15(17)7-12/h11-18H,1-10H2. The quantitative estimate of drug-likeness (QED) is 0.848. The molecule has 4 bridgehead atoms. The van der Waals surface area contributed by atoms with E-state index in [4.69, 9.17) is 4.74 Å². The lowest BCUT2D eigenvalue weighted by atomic mass is 9.50. The zero-order valence-electron chi connectivity index (χ0n) is 12.0. The minimum Gasteiger partial charge on any atom is -0.393 e. The molecule has 2 heteroatoms. The van der Waals surface area contributed by atoms with Crippen LogP contribution in [0, 0.1) is 35.5 Å². The van der Waals surface area contributed by atoms with Crippen LogP contribution in [-0.4, -0.2) is 24.4 Å². The Hall–Kier alpha value is -0.0800. The topological polar surface area (TPSA) is 29.5 Å². The molecule has 1 N–H and O–H groups in total. The van der Waals surface area contributed by atoms with Crippen LogP contribution in [-0.2, 0) is 4.74 Å². The van der Waals surface area contributed by atoms with Crippen molar-refractivity contribution in [1.29, 1.82) is 0 Å². The first-order valence-electron chi connectivity index (χ1n) is 8.55. The first kappa shape index (κ1) is 12.6. The molecule has 0 aromatic carbocycles. The molecule has 1 saturated heterocycles. The SMILES string of the molecule is OC(CC1CCOCC1)C1C2CC3CC(C2)CC1C3. The molecule has 0 aromatic rings. The largest absolute Gasteiger partial charge is 0.393 e. The maximum Gasteiger partial charge on any atom is 0.0576 e. The average Bonchev–Trinajstić information content (AvgIpc) is 2.38. The third kappa shape index (κ3) is 2.35. The summed E-state index contributed by atoms with van der Waals surface area (Å²) in [5.41, 5.74) is 0.